The highest BCUT2D eigenvalue weighted by Gasteiger charge is 2.17. The molecule has 27 heavy (non-hydrogen) atoms. The molecule has 5 nitrogen and oxygen atoms in total. The van der Waals surface area contributed by atoms with Crippen molar-refractivity contribution in [2.24, 2.45) is 0 Å². The van der Waals surface area contributed by atoms with E-state index < -0.39 is 0 Å². The van der Waals surface area contributed by atoms with Crippen LogP contribution in [0, 0.1) is 25.2 Å². The maximum absolute atomic E-state index is 9.08. The number of methoxy groups -OCH3 is 2. The average Bonchev–Trinajstić information content (AvgIpc) is 2.94. The smallest absolute Gasteiger partial charge is 0.165 e. The average molecular weight is 382 g/mol. The Morgan fingerprint density at radius 2 is 1.93 bits per heavy atom. The van der Waals surface area contributed by atoms with Gasteiger partial charge in [-0.15, -0.1) is 0 Å². The minimum absolute atomic E-state index is 0.441. The first-order chi connectivity index (χ1) is 13.0. The van der Waals surface area contributed by atoms with Gasteiger partial charge in [0.25, 0.3) is 0 Å². The van der Waals surface area contributed by atoms with E-state index in [1.54, 1.807) is 20.3 Å². The molecule has 2 aromatic carbocycles. The predicted octanol–water partition coefficient (Wildman–Crippen LogP) is 4.76. The normalized spacial score (nSPS) is 10.5. The van der Waals surface area contributed by atoms with Crippen molar-refractivity contribution in [3.63, 3.8) is 0 Å². The van der Waals surface area contributed by atoms with Crippen LogP contribution in [0.4, 0.5) is 0 Å². The van der Waals surface area contributed by atoms with Crippen molar-refractivity contribution in [1.29, 1.82) is 5.26 Å². The monoisotopic (exact) mass is 381 g/mol. The van der Waals surface area contributed by atoms with Crippen molar-refractivity contribution in [2.75, 3.05) is 14.2 Å². The number of halogens is 1. The summed E-state index contributed by atoms with van der Waals surface area (Å²) in [5.74, 6) is 1.39. The Kier molecular flexibility index (Phi) is 5.38. The van der Waals surface area contributed by atoms with Crippen LogP contribution in [0.1, 0.15) is 22.5 Å². The molecule has 0 bridgehead atoms. The Labute approximate surface area is 163 Å². The van der Waals surface area contributed by atoms with Gasteiger partial charge in [-0.3, -0.25) is 4.68 Å². The Morgan fingerprint density at radius 3 is 2.56 bits per heavy atom. The highest BCUT2D eigenvalue weighted by molar-refractivity contribution is 6.32. The van der Waals surface area contributed by atoms with Gasteiger partial charge in [0.1, 0.15) is 6.07 Å². The maximum Gasteiger partial charge on any atom is 0.165 e. The standard InChI is InChI=1S/C21H20ClN3O2/c1-13-20(15-8-9-16(11-23)18(22)10-15)14(2)25(24-13)12-17-6-5-7-19(26-3)21(17)27-4/h5-10H,12H2,1-4H3. The molecule has 0 aliphatic rings. The van der Waals surface area contributed by atoms with Crippen LogP contribution in [-0.4, -0.2) is 24.0 Å². The van der Waals surface area contributed by atoms with E-state index in [0.29, 0.717) is 28.6 Å². The summed E-state index contributed by atoms with van der Waals surface area (Å²) in [4.78, 5) is 0. The Morgan fingerprint density at radius 1 is 1.15 bits per heavy atom. The summed E-state index contributed by atoms with van der Waals surface area (Å²) < 4.78 is 12.8. The maximum atomic E-state index is 9.08. The van der Waals surface area contributed by atoms with E-state index in [2.05, 4.69) is 6.07 Å². The number of aromatic nitrogens is 2. The molecule has 1 aromatic heterocycles. The van der Waals surface area contributed by atoms with Crippen molar-refractivity contribution >= 4 is 11.6 Å². The minimum Gasteiger partial charge on any atom is -0.493 e. The first-order valence-corrected chi connectivity index (χ1v) is 8.81. The molecular weight excluding hydrogens is 362 g/mol. The van der Waals surface area contributed by atoms with Gasteiger partial charge < -0.3 is 9.47 Å². The number of hydrogen-bond acceptors (Lipinski definition) is 4. The van der Waals surface area contributed by atoms with Crippen LogP contribution in [0.25, 0.3) is 11.1 Å². The van der Waals surface area contributed by atoms with Crippen LogP contribution in [0.15, 0.2) is 36.4 Å². The fourth-order valence-corrected chi connectivity index (χ4v) is 3.49. The molecule has 3 aromatic rings. The van der Waals surface area contributed by atoms with Crippen LogP contribution in [0.2, 0.25) is 5.02 Å². The van der Waals surface area contributed by atoms with Crippen molar-refractivity contribution < 1.29 is 9.47 Å². The van der Waals surface area contributed by atoms with E-state index in [4.69, 9.17) is 31.4 Å². The summed E-state index contributed by atoms with van der Waals surface area (Å²) in [5.41, 5.74) is 5.31. The third-order valence-corrected chi connectivity index (χ3v) is 4.88. The molecule has 0 aliphatic carbocycles. The van der Waals surface area contributed by atoms with Crippen molar-refractivity contribution in [3.05, 3.63) is 63.9 Å². The van der Waals surface area contributed by atoms with Gasteiger partial charge in [-0.25, -0.2) is 0 Å². The lowest BCUT2D eigenvalue weighted by Gasteiger charge is -2.13. The van der Waals surface area contributed by atoms with Crippen molar-refractivity contribution in [2.45, 2.75) is 20.4 Å². The van der Waals surface area contributed by atoms with Gasteiger partial charge >= 0.3 is 0 Å². The first kappa shape index (κ1) is 18.8. The number of hydrogen-bond donors (Lipinski definition) is 0. The zero-order chi connectivity index (χ0) is 19.6. The fourth-order valence-electron chi connectivity index (χ4n) is 3.27. The SMILES string of the molecule is COc1cccc(Cn2nc(C)c(-c3ccc(C#N)c(Cl)c3)c2C)c1OC. The van der Waals surface area contributed by atoms with E-state index >= 15 is 0 Å². The van der Waals surface area contributed by atoms with Crippen LogP contribution >= 0.6 is 11.6 Å². The van der Waals surface area contributed by atoms with Crippen molar-refractivity contribution in [3.8, 4) is 28.7 Å². The lowest BCUT2D eigenvalue weighted by atomic mass is 10.0. The zero-order valence-corrected chi connectivity index (χ0v) is 16.5. The summed E-state index contributed by atoms with van der Waals surface area (Å²) in [6.45, 7) is 4.54. The number of aryl methyl sites for hydroxylation is 1. The molecular formula is C21H20ClN3O2. The third-order valence-electron chi connectivity index (χ3n) is 4.56. The van der Waals surface area contributed by atoms with Gasteiger partial charge in [0.05, 0.1) is 37.0 Å². The number of nitrogens with zero attached hydrogens (tertiary/aromatic N) is 3. The molecule has 0 unspecified atom stereocenters. The first-order valence-electron chi connectivity index (χ1n) is 8.44. The molecule has 6 heteroatoms. The van der Waals surface area contributed by atoms with E-state index in [-0.39, 0.29) is 0 Å². The number of benzene rings is 2. The summed E-state index contributed by atoms with van der Waals surface area (Å²) in [5, 5.41) is 14.2. The molecule has 138 valence electrons. The largest absolute Gasteiger partial charge is 0.493 e. The second kappa shape index (κ2) is 7.73. The summed E-state index contributed by atoms with van der Waals surface area (Å²) in [7, 11) is 3.25. The van der Waals surface area contributed by atoms with E-state index in [1.165, 1.54) is 0 Å². The topological polar surface area (TPSA) is 60.1 Å². The predicted molar refractivity (Wildman–Crippen MR) is 106 cm³/mol. The molecule has 0 atom stereocenters. The summed E-state index contributed by atoms with van der Waals surface area (Å²) in [6, 6.07) is 13.3. The summed E-state index contributed by atoms with van der Waals surface area (Å²) >= 11 is 6.21. The van der Waals surface area contributed by atoms with Gasteiger partial charge in [-0.2, -0.15) is 10.4 Å². The lowest BCUT2D eigenvalue weighted by molar-refractivity contribution is 0.350. The van der Waals surface area contributed by atoms with Gasteiger partial charge in [0.2, 0.25) is 0 Å². The van der Waals surface area contributed by atoms with Gasteiger partial charge in [-0.1, -0.05) is 29.8 Å². The van der Waals surface area contributed by atoms with E-state index in [0.717, 1.165) is 28.1 Å². The lowest BCUT2D eigenvalue weighted by Crippen LogP contribution is -2.06. The molecule has 1 heterocycles. The number of rotatable bonds is 5. The Balaban J connectivity index is 2.03. The molecule has 3 rings (SSSR count). The quantitative estimate of drug-likeness (QED) is 0.639. The van der Waals surface area contributed by atoms with Gasteiger partial charge in [0.15, 0.2) is 11.5 Å². The molecule has 0 N–H and O–H groups in total. The third kappa shape index (κ3) is 3.49. The van der Waals surface area contributed by atoms with E-state index in [1.807, 2.05) is 48.9 Å². The van der Waals surface area contributed by atoms with E-state index in [9.17, 15) is 0 Å². The molecule has 0 fully saturated rings. The van der Waals surface area contributed by atoms with Gasteiger partial charge in [-0.05, 0) is 37.6 Å². The van der Waals surface area contributed by atoms with Crippen LogP contribution < -0.4 is 9.47 Å². The number of para-hydroxylation sites is 1. The molecule has 0 aliphatic heterocycles. The summed E-state index contributed by atoms with van der Waals surface area (Å²) in [6.07, 6.45) is 0. The van der Waals surface area contributed by atoms with Crippen LogP contribution in [0.3, 0.4) is 0 Å². The Bertz CT molecular complexity index is 1030. The highest BCUT2D eigenvalue weighted by atomic mass is 35.5. The van der Waals surface area contributed by atoms with Crippen LogP contribution in [-0.2, 0) is 6.54 Å². The fraction of sp³-hybridized carbons (Fsp3) is 0.238. The second-order valence-electron chi connectivity index (χ2n) is 6.16. The Hall–Kier alpha value is -2.97. The molecule has 0 radical (unpaired) electrons. The van der Waals surface area contributed by atoms with Gasteiger partial charge in [0, 0.05) is 16.8 Å². The highest BCUT2D eigenvalue weighted by Crippen LogP contribution is 2.34. The second-order valence-corrected chi connectivity index (χ2v) is 6.57. The minimum atomic E-state index is 0.441. The number of nitriles is 1. The van der Waals surface area contributed by atoms with Crippen molar-refractivity contribution in [1.82, 2.24) is 9.78 Å². The zero-order valence-electron chi connectivity index (χ0n) is 15.7. The number of ether oxygens (including phenoxy) is 2. The van der Waals surface area contributed by atoms with Crippen LogP contribution in [0.5, 0.6) is 11.5 Å². The molecule has 0 saturated carbocycles. The molecule has 0 saturated heterocycles. The molecule has 0 amide bonds. The molecule has 0 spiro atoms.